The Kier molecular flexibility index (Phi) is 2.01. The lowest BCUT2D eigenvalue weighted by Crippen LogP contribution is -1.97. The highest BCUT2D eigenvalue weighted by Crippen LogP contribution is 2.29. The van der Waals surface area contributed by atoms with E-state index < -0.39 is 9.84 Å². The van der Waals surface area contributed by atoms with Gasteiger partial charge < -0.3 is 10.3 Å². The zero-order valence-electron chi connectivity index (χ0n) is 8.56. The highest BCUT2D eigenvalue weighted by atomic mass is 32.2. The van der Waals surface area contributed by atoms with Gasteiger partial charge in [0.1, 0.15) is 0 Å². The number of nitrogens with zero attached hydrogens (tertiary/aromatic N) is 1. The average molecular weight is 224 g/mol. The highest BCUT2D eigenvalue weighted by molar-refractivity contribution is 7.91. The van der Waals surface area contributed by atoms with Gasteiger partial charge in [0.25, 0.3) is 0 Å². The molecule has 80 valence electrons. The van der Waals surface area contributed by atoms with Gasteiger partial charge in [-0.25, -0.2) is 8.42 Å². The van der Waals surface area contributed by atoms with Crippen molar-refractivity contribution in [2.45, 2.75) is 4.90 Å². The second-order valence-electron chi connectivity index (χ2n) is 3.62. The van der Waals surface area contributed by atoms with Crippen molar-refractivity contribution in [2.24, 2.45) is 7.05 Å². The number of anilines is 1. The first-order valence-corrected chi connectivity index (χ1v) is 6.34. The smallest absolute Gasteiger partial charge is 0.177 e. The predicted octanol–water partition coefficient (Wildman–Crippen LogP) is 1.16. The molecule has 0 fully saturated rings. The summed E-state index contributed by atoms with van der Waals surface area (Å²) >= 11 is 0. The standard InChI is InChI=1S/C10H12N2O2S/c1-12-6-9(15(2,13)14)10-7(11)4-3-5-8(10)12/h3-6H,11H2,1-2H3. The largest absolute Gasteiger partial charge is 0.398 e. The molecule has 1 aromatic heterocycles. The monoisotopic (exact) mass is 224 g/mol. The van der Waals surface area contributed by atoms with Crippen LogP contribution in [0.2, 0.25) is 0 Å². The van der Waals surface area contributed by atoms with E-state index in [1.807, 2.05) is 12.1 Å². The predicted molar refractivity (Wildman–Crippen MR) is 60.4 cm³/mol. The van der Waals surface area contributed by atoms with Crippen LogP contribution in [0.25, 0.3) is 10.9 Å². The summed E-state index contributed by atoms with van der Waals surface area (Å²) in [6, 6.07) is 5.36. The number of nitrogens with two attached hydrogens (primary N) is 1. The Bertz CT molecular complexity index is 626. The molecule has 0 spiro atoms. The molecule has 0 aliphatic rings. The van der Waals surface area contributed by atoms with E-state index in [9.17, 15) is 8.42 Å². The second-order valence-corrected chi connectivity index (χ2v) is 5.60. The van der Waals surface area contributed by atoms with Gasteiger partial charge >= 0.3 is 0 Å². The van der Waals surface area contributed by atoms with Crippen molar-refractivity contribution in [1.82, 2.24) is 4.57 Å². The third-order valence-electron chi connectivity index (χ3n) is 2.41. The van der Waals surface area contributed by atoms with Gasteiger partial charge in [0.05, 0.1) is 10.4 Å². The Morgan fingerprint density at radius 2 is 2.00 bits per heavy atom. The van der Waals surface area contributed by atoms with Crippen LogP contribution in [0.3, 0.4) is 0 Å². The molecule has 4 nitrogen and oxygen atoms in total. The van der Waals surface area contributed by atoms with Gasteiger partial charge in [0.15, 0.2) is 9.84 Å². The number of aryl methyl sites for hydroxylation is 1. The molecule has 0 atom stereocenters. The Morgan fingerprint density at radius 3 is 2.60 bits per heavy atom. The Labute approximate surface area is 88.2 Å². The van der Waals surface area contributed by atoms with E-state index in [-0.39, 0.29) is 4.90 Å². The van der Waals surface area contributed by atoms with Crippen molar-refractivity contribution in [1.29, 1.82) is 0 Å². The molecule has 2 aromatic rings. The maximum Gasteiger partial charge on any atom is 0.177 e. The van der Waals surface area contributed by atoms with Gasteiger partial charge in [0.2, 0.25) is 0 Å². The van der Waals surface area contributed by atoms with E-state index in [2.05, 4.69) is 0 Å². The van der Waals surface area contributed by atoms with Gasteiger partial charge in [-0.1, -0.05) is 6.07 Å². The number of nitrogen functional groups attached to an aromatic ring is 1. The molecule has 15 heavy (non-hydrogen) atoms. The average Bonchev–Trinajstić information content (AvgIpc) is 2.45. The third kappa shape index (κ3) is 1.48. The van der Waals surface area contributed by atoms with Gasteiger partial charge in [0, 0.05) is 30.6 Å². The summed E-state index contributed by atoms with van der Waals surface area (Å²) in [5.74, 6) is 0. The van der Waals surface area contributed by atoms with E-state index in [0.717, 1.165) is 5.52 Å². The van der Waals surface area contributed by atoms with Crippen LogP contribution < -0.4 is 5.73 Å². The summed E-state index contributed by atoms with van der Waals surface area (Å²) in [7, 11) is -1.43. The molecule has 1 aromatic carbocycles. The SMILES string of the molecule is Cn1cc(S(C)(=O)=O)c2c(N)cccc21. The summed E-state index contributed by atoms with van der Waals surface area (Å²) in [4.78, 5) is 0.290. The Morgan fingerprint density at radius 1 is 1.33 bits per heavy atom. The van der Waals surface area contributed by atoms with E-state index in [0.29, 0.717) is 11.1 Å². The number of aromatic nitrogens is 1. The first-order chi connectivity index (χ1) is 6.91. The summed E-state index contributed by atoms with van der Waals surface area (Å²) in [5.41, 5.74) is 7.11. The molecule has 0 aliphatic heterocycles. The van der Waals surface area contributed by atoms with Crippen LogP contribution in [0.4, 0.5) is 5.69 Å². The summed E-state index contributed by atoms with van der Waals surface area (Å²) < 4.78 is 24.9. The normalized spacial score (nSPS) is 12.1. The number of rotatable bonds is 1. The van der Waals surface area contributed by atoms with Crippen molar-refractivity contribution in [3.8, 4) is 0 Å². The maximum atomic E-state index is 11.5. The second kappa shape index (κ2) is 3.00. The van der Waals surface area contributed by atoms with Crippen LogP contribution in [0.15, 0.2) is 29.3 Å². The van der Waals surface area contributed by atoms with Crippen molar-refractivity contribution in [2.75, 3.05) is 12.0 Å². The Hall–Kier alpha value is -1.49. The van der Waals surface area contributed by atoms with Gasteiger partial charge in [-0.05, 0) is 12.1 Å². The molecule has 1 heterocycles. The molecule has 2 rings (SSSR count). The van der Waals surface area contributed by atoms with Gasteiger partial charge in [-0.2, -0.15) is 0 Å². The molecule has 0 bridgehead atoms. The third-order valence-corrected chi connectivity index (χ3v) is 3.52. The lowest BCUT2D eigenvalue weighted by molar-refractivity contribution is 0.602. The topological polar surface area (TPSA) is 65.1 Å². The van der Waals surface area contributed by atoms with Crippen molar-refractivity contribution < 1.29 is 8.42 Å². The van der Waals surface area contributed by atoms with E-state index in [1.165, 1.54) is 6.26 Å². The fourth-order valence-electron chi connectivity index (χ4n) is 1.71. The molecule has 5 heteroatoms. The van der Waals surface area contributed by atoms with Crippen LogP contribution in [0.1, 0.15) is 0 Å². The van der Waals surface area contributed by atoms with Crippen LogP contribution >= 0.6 is 0 Å². The number of fused-ring (bicyclic) bond motifs is 1. The lowest BCUT2D eigenvalue weighted by Gasteiger charge is -1.99. The van der Waals surface area contributed by atoms with Crippen LogP contribution in [-0.2, 0) is 16.9 Å². The molecule has 2 N–H and O–H groups in total. The maximum absolute atomic E-state index is 11.5. The van der Waals surface area contributed by atoms with Crippen molar-refractivity contribution in [3.05, 3.63) is 24.4 Å². The number of sulfone groups is 1. The van der Waals surface area contributed by atoms with E-state index >= 15 is 0 Å². The van der Waals surface area contributed by atoms with Crippen LogP contribution in [-0.4, -0.2) is 19.2 Å². The molecule has 0 unspecified atom stereocenters. The minimum atomic E-state index is -3.23. The molecule has 0 saturated heterocycles. The fraction of sp³-hybridized carbons (Fsp3) is 0.200. The summed E-state index contributed by atoms with van der Waals surface area (Å²) in [6.07, 6.45) is 2.78. The zero-order valence-corrected chi connectivity index (χ0v) is 9.38. The van der Waals surface area contributed by atoms with Gasteiger partial charge in [-0.15, -0.1) is 0 Å². The number of hydrogen-bond acceptors (Lipinski definition) is 3. The van der Waals surface area contributed by atoms with Crippen molar-refractivity contribution in [3.63, 3.8) is 0 Å². The minimum absolute atomic E-state index is 0.290. The van der Waals surface area contributed by atoms with Crippen molar-refractivity contribution >= 4 is 26.4 Å². The Balaban J connectivity index is 3.01. The molecule has 0 amide bonds. The summed E-state index contributed by atoms with van der Waals surface area (Å²) in [5, 5.41) is 0.613. The quantitative estimate of drug-likeness (QED) is 0.739. The highest BCUT2D eigenvalue weighted by Gasteiger charge is 2.16. The molecular weight excluding hydrogens is 212 g/mol. The number of benzene rings is 1. The van der Waals surface area contributed by atoms with E-state index in [1.54, 1.807) is 23.9 Å². The van der Waals surface area contributed by atoms with E-state index in [4.69, 9.17) is 5.73 Å². The number of hydrogen-bond donors (Lipinski definition) is 1. The summed E-state index contributed by atoms with van der Waals surface area (Å²) in [6.45, 7) is 0. The molecule has 0 aliphatic carbocycles. The zero-order chi connectivity index (χ0) is 11.2. The van der Waals surface area contributed by atoms with Crippen LogP contribution in [0.5, 0.6) is 0 Å². The van der Waals surface area contributed by atoms with Gasteiger partial charge in [-0.3, -0.25) is 0 Å². The minimum Gasteiger partial charge on any atom is -0.398 e. The van der Waals surface area contributed by atoms with Crippen LogP contribution in [0, 0.1) is 0 Å². The molecule has 0 radical (unpaired) electrons. The molecular formula is C10H12N2O2S. The fourth-order valence-corrected chi connectivity index (χ4v) is 2.65. The molecule has 0 saturated carbocycles. The lowest BCUT2D eigenvalue weighted by atomic mass is 10.2. The first kappa shape index (κ1) is 10.0. The first-order valence-electron chi connectivity index (χ1n) is 4.45.